The van der Waals surface area contributed by atoms with Crippen LogP contribution < -0.4 is 5.73 Å². The van der Waals surface area contributed by atoms with Crippen LogP contribution >= 0.6 is 0 Å². The molecule has 7 nitrogen and oxygen atoms in total. The number of methoxy groups -OCH3 is 1. The van der Waals surface area contributed by atoms with E-state index in [1.807, 2.05) is 6.07 Å². The Morgan fingerprint density at radius 1 is 1.61 bits per heavy atom. The zero-order valence-corrected chi connectivity index (χ0v) is 9.49. The lowest BCUT2D eigenvalue weighted by Gasteiger charge is -2.01. The summed E-state index contributed by atoms with van der Waals surface area (Å²) in [4.78, 5) is 15.3. The Labute approximate surface area is 102 Å². The summed E-state index contributed by atoms with van der Waals surface area (Å²) >= 11 is 0. The monoisotopic (exact) mass is 243 g/mol. The minimum Gasteiger partial charge on any atom is -0.464 e. The van der Waals surface area contributed by atoms with Gasteiger partial charge in [-0.3, -0.25) is 4.98 Å². The zero-order chi connectivity index (χ0) is 13.1. The molecular formula is C11H9N5O2. The van der Waals surface area contributed by atoms with Crippen LogP contribution in [-0.2, 0) is 4.74 Å². The fraction of sp³-hybridized carbons (Fsp3) is 0.0909. The number of rotatable bonds is 2. The predicted octanol–water partition coefficient (Wildman–Crippen LogP) is 0.508. The quantitative estimate of drug-likeness (QED) is 0.770. The number of carbonyl (C=O) groups is 1. The van der Waals surface area contributed by atoms with Crippen LogP contribution in [0.25, 0.3) is 5.69 Å². The first kappa shape index (κ1) is 11.6. The Kier molecular flexibility index (Phi) is 2.93. The molecule has 18 heavy (non-hydrogen) atoms. The van der Waals surface area contributed by atoms with E-state index >= 15 is 0 Å². The molecule has 0 saturated carbocycles. The molecule has 2 rings (SSSR count). The summed E-state index contributed by atoms with van der Waals surface area (Å²) in [7, 11) is 1.24. The summed E-state index contributed by atoms with van der Waals surface area (Å²) in [5, 5.41) is 13.0. The average Bonchev–Trinajstić information content (AvgIpc) is 2.79. The molecule has 2 N–H and O–H groups in total. The normalized spacial score (nSPS) is 9.78. The molecular weight excluding hydrogens is 234 g/mol. The first-order valence-corrected chi connectivity index (χ1v) is 4.95. The smallest absolute Gasteiger partial charge is 0.360 e. The zero-order valence-electron chi connectivity index (χ0n) is 9.49. The maximum absolute atomic E-state index is 11.4. The minimum atomic E-state index is -0.631. The van der Waals surface area contributed by atoms with Crippen molar-refractivity contribution in [1.29, 1.82) is 5.26 Å². The van der Waals surface area contributed by atoms with Crippen molar-refractivity contribution in [3.8, 4) is 11.8 Å². The second-order valence-corrected chi connectivity index (χ2v) is 3.37. The fourth-order valence-electron chi connectivity index (χ4n) is 1.43. The van der Waals surface area contributed by atoms with Gasteiger partial charge in [0.15, 0.2) is 5.69 Å². The standard InChI is InChI=1S/C11H9N5O2/c1-18-11(17)10-8(13)6-16(15-10)9-5-14-3-2-7(9)4-12/h2-3,5-6H,13H2,1H3. The van der Waals surface area contributed by atoms with Crippen molar-refractivity contribution in [2.24, 2.45) is 0 Å². The van der Waals surface area contributed by atoms with E-state index in [9.17, 15) is 4.79 Å². The Morgan fingerprint density at radius 3 is 3.06 bits per heavy atom. The van der Waals surface area contributed by atoms with Crippen LogP contribution in [0.5, 0.6) is 0 Å². The van der Waals surface area contributed by atoms with Gasteiger partial charge in [-0.05, 0) is 6.07 Å². The summed E-state index contributed by atoms with van der Waals surface area (Å²) < 4.78 is 5.87. The Balaban J connectivity index is 2.53. The number of hydrogen-bond donors (Lipinski definition) is 1. The molecule has 2 aromatic heterocycles. The van der Waals surface area contributed by atoms with Crippen molar-refractivity contribution in [2.45, 2.75) is 0 Å². The summed E-state index contributed by atoms with van der Waals surface area (Å²) in [5.41, 5.74) is 6.66. The highest BCUT2D eigenvalue weighted by molar-refractivity contribution is 5.92. The highest BCUT2D eigenvalue weighted by Gasteiger charge is 2.17. The van der Waals surface area contributed by atoms with E-state index in [2.05, 4.69) is 14.8 Å². The Hall–Kier alpha value is -2.88. The van der Waals surface area contributed by atoms with Gasteiger partial charge in [-0.1, -0.05) is 0 Å². The largest absolute Gasteiger partial charge is 0.464 e. The van der Waals surface area contributed by atoms with Crippen molar-refractivity contribution in [3.63, 3.8) is 0 Å². The van der Waals surface area contributed by atoms with Crippen LogP contribution in [0.1, 0.15) is 16.1 Å². The molecule has 0 spiro atoms. The van der Waals surface area contributed by atoms with E-state index in [-0.39, 0.29) is 11.4 Å². The Bertz CT molecular complexity index is 641. The number of nitriles is 1. The molecule has 0 fully saturated rings. The van der Waals surface area contributed by atoms with Gasteiger partial charge in [-0.25, -0.2) is 9.48 Å². The van der Waals surface area contributed by atoms with Crippen LogP contribution in [0.4, 0.5) is 5.69 Å². The van der Waals surface area contributed by atoms with Crippen molar-refractivity contribution in [3.05, 3.63) is 35.9 Å². The Morgan fingerprint density at radius 2 is 2.39 bits per heavy atom. The third kappa shape index (κ3) is 1.87. The minimum absolute atomic E-state index is 0.00485. The topological polar surface area (TPSA) is 107 Å². The maximum Gasteiger partial charge on any atom is 0.360 e. The molecule has 0 unspecified atom stereocenters. The fourth-order valence-corrected chi connectivity index (χ4v) is 1.43. The van der Waals surface area contributed by atoms with E-state index in [4.69, 9.17) is 11.0 Å². The summed E-state index contributed by atoms with van der Waals surface area (Å²) in [6.07, 6.45) is 4.40. The van der Waals surface area contributed by atoms with Gasteiger partial charge in [0, 0.05) is 6.20 Å². The number of pyridine rings is 1. The van der Waals surface area contributed by atoms with Gasteiger partial charge in [-0.15, -0.1) is 0 Å². The first-order valence-electron chi connectivity index (χ1n) is 4.95. The number of nitrogens with two attached hydrogens (primary N) is 1. The van der Waals surface area contributed by atoms with Crippen LogP contribution in [0.15, 0.2) is 24.7 Å². The highest BCUT2D eigenvalue weighted by atomic mass is 16.5. The molecule has 90 valence electrons. The summed E-state index contributed by atoms with van der Waals surface area (Å²) in [5.74, 6) is -0.631. The molecule has 0 bridgehead atoms. The predicted molar refractivity (Wildman–Crippen MR) is 61.8 cm³/mol. The lowest BCUT2D eigenvalue weighted by atomic mass is 10.2. The molecule has 0 saturated heterocycles. The van der Waals surface area contributed by atoms with Gasteiger partial charge in [0.25, 0.3) is 0 Å². The van der Waals surface area contributed by atoms with Gasteiger partial charge >= 0.3 is 5.97 Å². The van der Waals surface area contributed by atoms with Gasteiger partial charge in [0.1, 0.15) is 11.8 Å². The molecule has 7 heteroatoms. The first-order chi connectivity index (χ1) is 8.67. The number of nitrogens with zero attached hydrogens (tertiary/aromatic N) is 4. The third-order valence-electron chi connectivity index (χ3n) is 2.29. The van der Waals surface area contributed by atoms with E-state index in [0.29, 0.717) is 11.3 Å². The van der Waals surface area contributed by atoms with Crippen molar-refractivity contribution < 1.29 is 9.53 Å². The van der Waals surface area contributed by atoms with Gasteiger partial charge in [0.05, 0.1) is 30.8 Å². The molecule has 0 atom stereocenters. The van der Waals surface area contributed by atoms with Gasteiger partial charge < -0.3 is 10.5 Å². The SMILES string of the molecule is COC(=O)c1nn(-c2cnccc2C#N)cc1N. The second kappa shape index (κ2) is 4.55. The number of carbonyl (C=O) groups excluding carboxylic acids is 1. The number of anilines is 1. The number of aromatic nitrogens is 3. The van der Waals surface area contributed by atoms with Crippen molar-refractivity contribution in [1.82, 2.24) is 14.8 Å². The van der Waals surface area contributed by atoms with E-state index in [0.717, 1.165) is 0 Å². The molecule has 2 aromatic rings. The number of hydrogen-bond acceptors (Lipinski definition) is 6. The van der Waals surface area contributed by atoms with E-state index in [1.54, 1.807) is 6.07 Å². The van der Waals surface area contributed by atoms with Crippen LogP contribution in [-0.4, -0.2) is 27.8 Å². The molecule has 0 aromatic carbocycles. The van der Waals surface area contributed by atoms with Crippen LogP contribution in [0.2, 0.25) is 0 Å². The molecule has 0 radical (unpaired) electrons. The van der Waals surface area contributed by atoms with Crippen molar-refractivity contribution in [2.75, 3.05) is 12.8 Å². The van der Waals surface area contributed by atoms with Crippen molar-refractivity contribution >= 4 is 11.7 Å². The second-order valence-electron chi connectivity index (χ2n) is 3.37. The summed E-state index contributed by atoms with van der Waals surface area (Å²) in [6, 6.07) is 3.55. The maximum atomic E-state index is 11.4. The highest BCUT2D eigenvalue weighted by Crippen LogP contribution is 2.16. The molecule has 2 heterocycles. The molecule has 0 aliphatic carbocycles. The molecule has 0 aliphatic rings. The van der Waals surface area contributed by atoms with E-state index in [1.165, 1.54) is 30.4 Å². The lowest BCUT2D eigenvalue weighted by molar-refractivity contribution is 0.0594. The average molecular weight is 243 g/mol. The van der Waals surface area contributed by atoms with Crippen LogP contribution in [0, 0.1) is 11.3 Å². The summed E-state index contributed by atoms with van der Waals surface area (Å²) in [6.45, 7) is 0. The third-order valence-corrected chi connectivity index (χ3v) is 2.29. The number of esters is 1. The molecule has 0 amide bonds. The lowest BCUT2D eigenvalue weighted by Crippen LogP contribution is -2.06. The number of nitrogen functional groups attached to an aromatic ring is 1. The van der Waals surface area contributed by atoms with Gasteiger partial charge in [-0.2, -0.15) is 10.4 Å². The van der Waals surface area contributed by atoms with Gasteiger partial charge in [0.2, 0.25) is 0 Å². The van der Waals surface area contributed by atoms with Crippen LogP contribution in [0.3, 0.4) is 0 Å². The van der Waals surface area contributed by atoms with E-state index < -0.39 is 5.97 Å². The number of ether oxygens (including phenoxy) is 1. The molecule has 0 aliphatic heterocycles.